The molecule has 0 saturated carbocycles. The van der Waals surface area contributed by atoms with Crippen molar-refractivity contribution in [1.82, 2.24) is 4.98 Å². The van der Waals surface area contributed by atoms with Gasteiger partial charge in [0.15, 0.2) is 0 Å². The number of halogens is 2. The van der Waals surface area contributed by atoms with Crippen LogP contribution in [0.5, 0.6) is 0 Å². The van der Waals surface area contributed by atoms with E-state index in [-0.39, 0.29) is 0 Å². The number of nitrogens with zero attached hydrogens (tertiary/aromatic N) is 1. The van der Waals surface area contributed by atoms with Crippen molar-refractivity contribution in [1.29, 1.82) is 0 Å². The molecule has 0 aliphatic carbocycles. The Balaban J connectivity index is 2.13. The van der Waals surface area contributed by atoms with Crippen molar-refractivity contribution in [3.63, 3.8) is 0 Å². The summed E-state index contributed by atoms with van der Waals surface area (Å²) in [6.07, 6.45) is 1.83. The average Bonchev–Trinajstić information content (AvgIpc) is 2.33. The maximum Gasteiger partial charge on any atom is 0.111 e. The van der Waals surface area contributed by atoms with Gasteiger partial charge in [0.05, 0.1) is 4.47 Å². The van der Waals surface area contributed by atoms with Gasteiger partial charge in [0.2, 0.25) is 0 Å². The molecule has 1 heterocycles. The first-order chi connectivity index (χ1) is 8.18. The van der Waals surface area contributed by atoms with E-state index < -0.39 is 0 Å². The molecule has 0 bridgehead atoms. The Kier molecular flexibility index (Phi) is 4.48. The van der Waals surface area contributed by atoms with Gasteiger partial charge in [0, 0.05) is 17.0 Å². The third-order valence-corrected chi connectivity index (χ3v) is 5.04. The minimum absolute atomic E-state index is 0.809. The lowest BCUT2D eigenvalue weighted by molar-refractivity contribution is 1.08. The predicted molar refractivity (Wildman–Crippen MR) is 77.7 cm³/mol. The van der Waals surface area contributed by atoms with Crippen molar-refractivity contribution in [2.45, 2.75) is 17.7 Å². The standard InChI is InChI=1S/C13H11BrClNS/c1-9-6-7-16-13(12(9)14)17-8-10-4-2-3-5-11(10)15/h2-7H,8H2,1H3. The van der Waals surface area contributed by atoms with Crippen molar-refractivity contribution in [2.75, 3.05) is 0 Å². The molecular formula is C13H11BrClNS. The first kappa shape index (κ1) is 12.9. The highest BCUT2D eigenvalue weighted by Gasteiger charge is 2.06. The zero-order valence-electron chi connectivity index (χ0n) is 9.28. The zero-order chi connectivity index (χ0) is 12.3. The Morgan fingerprint density at radius 1 is 1.29 bits per heavy atom. The Morgan fingerprint density at radius 3 is 2.82 bits per heavy atom. The van der Waals surface area contributed by atoms with E-state index in [9.17, 15) is 0 Å². The van der Waals surface area contributed by atoms with Crippen LogP contribution in [-0.4, -0.2) is 4.98 Å². The minimum Gasteiger partial charge on any atom is -0.249 e. The molecule has 0 saturated heterocycles. The molecule has 1 aromatic carbocycles. The summed E-state index contributed by atoms with van der Waals surface area (Å²) >= 11 is 11.4. The molecule has 4 heteroatoms. The van der Waals surface area contributed by atoms with E-state index in [2.05, 4.69) is 27.8 Å². The number of hydrogen-bond donors (Lipinski definition) is 0. The topological polar surface area (TPSA) is 12.9 Å². The van der Waals surface area contributed by atoms with Crippen molar-refractivity contribution < 1.29 is 0 Å². The molecule has 0 unspecified atom stereocenters. The van der Waals surface area contributed by atoms with Crippen molar-refractivity contribution in [3.05, 3.63) is 57.2 Å². The van der Waals surface area contributed by atoms with Crippen LogP contribution in [0.15, 0.2) is 46.0 Å². The van der Waals surface area contributed by atoms with Crippen LogP contribution in [-0.2, 0) is 5.75 Å². The van der Waals surface area contributed by atoms with Gasteiger partial charge in [-0.3, -0.25) is 0 Å². The molecule has 88 valence electrons. The van der Waals surface area contributed by atoms with E-state index in [0.29, 0.717) is 0 Å². The molecule has 1 aromatic heterocycles. The first-order valence-corrected chi connectivity index (χ1v) is 7.31. The first-order valence-electron chi connectivity index (χ1n) is 5.16. The summed E-state index contributed by atoms with van der Waals surface area (Å²) in [6, 6.07) is 9.89. The second kappa shape index (κ2) is 5.89. The highest BCUT2D eigenvalue weighted by Crippen LogP contribution is 2.31. The van der Waals surface area contributed by atoms with Crippen LogP contribution in [0.25, 0.3) is 0 Å². The van der Waals surface area contributed by atoms with Gasteiger partial charge in [0.1, 0.15) is 5.03 Å². The summed E-state index contributed by atoms with van der Waals surface area (Å²) in [5, 5.41) is 1.81. The van der Waals surface area contributed by atoms with Crippen LogP contribution in [0.2, 0.25) is 5.02 Å². The summed E-state index contributed by atoms with van der Waals surface area (Å²) in [5.74, 6) is 0.828. The van der Waals surface area contributed by atoms with Gasteiger partial charge in [-0.05, 0) is 46.1 Å². The highest BCUT2D eigenvalue weighted by atomic mass is 79.9. The van der Waals surface area contributed by atoms with Crippen LogP contribution in [0.1, 0.15) is 11.1 Å². The lowest BCUT2D eigenvalue weighted by Crippen LogP contribution is -1.87. The molecule has 0 spiro atoms. The largest absolute Gasteiger partial charge is 0.249 e. The summed E-state index contributed by atoms with van der Waals surface area (Å²) in [4.78, 5) is 4.36. The Bertz CT molecular complexity index is 531. The van der Waals surface area contributed by atoms with Crippen LogP contribution in [0, 0.1) is 6.92 Å². The monoisotopic (exact) mass is 327 g/mol. The molecule has 0 radical (unpaired) electrons. The van der Waals surface area contributed by atoms with Gasteiger partial charge in [-0.1, -0.05) is 29.8 Å². The Labute approximate surface area is 119 Å². The molecule has 1 nitrogen and oxygen atoms in total. The number of benzene rings is 1. The lowest BCUT2D eigenvalue weighted by atomic mass is 10.2. The molecule has 0 amide bonds. The fourth-order valence-corrected chi connectivity index (χ4v) is 3.20. The van der Waals surface area contributed by atoms with E-state index in [4.69, 9.17) is 11.6 Å². The van der Waals surface area contributed by atoms with Gasteiger partial charge in [-0.15, -0.1) is 11.8 Å². The molecule has 17 heavy (non-hydrogen) atoms. The normalized spacial score (nSPS) is 10.5. The van der Waals surface area contributed by atoms with Crippen molar-refractivity contribution in [2.24, 2.45) is 0 Å². The van der Waals surface area contributed by atoms with Crippen LogP contribution >= 0.6 is 39.3 Å². The fraction of sp³-hybridized carbons (Fsp3) is 0.154. The van der Waals surface area contributed by atoms with E-state index in [0.717, 1.165) is 25.8 Å². The van der Waals surface area contributed by atoms with E-state index >= 15 is 0 Å². The third kappa shape index (κ3) is 3.24. The molecular weight excluding hydrogens is 318 g/mol. The summed E-state index contributed by atoms with van der Waals surface area (Å²) in [5.41, 5.74) is 2.33. The third-order valence-electron chi connectivity index (χ3n) is 2.37. The lowest BCUT2D eigenvalue weighted by Gasteiger charge is -2.06. The van der Waals surface area contributed by atoms with Gasteiger partial charge >= 0.3 is 0 Å². The smallest absolute Gasteiger partial charge is 0.111 e. The average molecular weight is 329 g/mol. The molecule has 2 rings (SSSR count). The van der Waals surface area contributed by atoms with E-state index in [1.165, 1.54) is 5.56 Å². The number of hydrogen-bond acceptors (Lipinski definition) is 2. The Morgan fingerprint density at radius 2 is 2.06 bits per heavy atom. The van der Waals surface area contributed by atoms with E-state index in [1.807, 2.05) is 36.5 Å². The van der Waals surface area contributed by atoms with Gasteiger partial charge < -0.3 is 0 Å². The summed E-state index contributed by atoms with van der Waals surface area (Å²) in [6.45, 7) is 2.06. The molecule has 0 aliphatic rings. The van der Waals surface area contributed by atoms with Gasteiger partial charge in [0.25, 0.3) is 0 Å². The van der Waals surface area contributed by atoms with Crippen molar-refractivity contribution >= 4 is 39.3 Å². The zero-order valence-corrected chi connectivity index (χ0v) is 12.4. The number of pyridine rings is 1. The van der Waals surface area contributed by atoms with Gasteiger partial charge in [-0.2, -0.15) is 0 Å². The number of aromatic nitrogens is 1. The molecule has 0 N–H and O–H groups in total. The summed E-state index contributed by atoms with van der Waals surface area (Å²) in [7, 11) is 0. The quantitative estimate of drug-likeness (QED) is 0.727. The molecule has 0 atom stereocenters. The van der Waals surface area contributed by atoms with Crippen LogP contribution < -0.4 is 0 Å². The van der Waals surface area contributed by atoms with Crippen LogP contribution in [0.3, 0.4) is 0 Å². The molecule has 0 fully saturated rings. The molecule has 0 aliphatic heterocycles. The summed E-state index contributed by atoms with van der Waals surface area (Å²) < 4.78 is 1.07. The number of aryl methyl sites for hydroxylation is 1. The highest BCUT2D eigenvalue weighted by molar-refractivity contribution is 9.10. The maximum atomic E-state index is 6.12. The fourth-order valence-electron chi connectivity index (χ4n) is 1.38. The number of thioether (sulfide) groups is 1. The van der Waals surface area contributed by atoms with E-state index in [1.54, 1.807) is 11.8 Å². The SMILES string of the molecule is Cc1ccnc(SCc2ccccc2Cl)c1Br. The second-order valence-corrected chi connectivity index (χ2v) is 5.79. The minimum atomic E-state index is 0.809. The maximum absolute atomic E-state index is 6.12. The van der Waals surface area contributed by atoms with Crippen LogP contribution in [0.4, 0.5) is 0 Å². The molecule has 2 aromatic rings. The second-order valence-electron chi connectivity index (χ2n) is 3.63. The van der Waals surface area contributed by atoms with Gasteiger partial charge in [-0.25, -0.2) is 4.98 Å². The van der Waals surface area contributed by atoms with Crippen molar-refractivity contribution in [3.8, 4) is 0 Å². The predicted octanol–water partition coefficient (Wildman–Crippen LogP) is 5.10. The Hall–Kier alpha value is -0.510. The number of rotatable bonds is 3.